The highest BCUT2D eigenvalue weighted by atomic mass is 16.5. The number of esters is 2. The van der Waals surface area contributed by atoms with Crippen LogP contribution in [0.3, 0.4) is 0 Å². The summed E-state index contributed by atoms with van der Waals surface area (Å²) in [5.74, 6) is -2.22. The molecule has 2 heterocycles. The Morgan fingerprint density at radius 1 is 1.17 bits per heavy atom. The summed E-state index contributed by atoms with van der Waals surface area (Å²) in [7, 11) is 1.26. The molecule has 9 nitrogen and oxygen atoms in total. The first-order valence-electron chi connectivity index (χ1n) is 8.88. The number of nitrogens with zero attached hydrogens (tertiary/aromatic N) is 1. The molecule has 2 aromatic heterocycles. The number of hydrogen-bond donors (Lipinski definition) is 1. The fourth-order valence-corrected chi connectivity index (χ4v) is 3.16. The molecular formula is C20H20N2O7. The quantitative estimate of drug-likeness (QED) is 0.476. The van der Waals surface area contributed by atoms with Crippen molar-refractivity contribution in [2.24, 2.45) is 0 Å². The molecule has 0 unspecified atom stereocenters. The van der Waals surface area contributed by atoms with Gasteiger partial charge in [0.2, 0.25) is 5.78 Å². The lowest BCUT2D eigenvalue weighted by atomic mass is 10.1. The van der Waals surface area contributed by atoms with E-state index < -0.39 is 30.1 Å². The Balaban J connectivity index is 1.61. The highest BCUT2D eigenvalue weighted by molar-refractivity contribution is 6.02. The molecular weight excluding hydrogens is 380 g/mol. The Morgan fingerprint density at radius 3 is 2.62 bits per heavy atom. The van der Waals surface area contributed by atoms with Crippen molar-refractivity contribution in [2.45, 2.75) is 26.8 Å². The maximum absolute atomic E-state index is 12.4. The molecule has 29 heavy (non-hydrogen) atoms. The second-order valence-electron chi connectivity index (χ2n) is 6.44. The third kappa shape index (κ3) is 3.98. The normalized spacial score (nSPS) is 10.9. The van der Waals surface area contributed by atoms with Gasteiger partial charge in [0.25, 0.3) is 0 Å². The van der Waals surface area contributed by atoms with E-state index in [-0.39, 0.29) is 24.2 Å². The number of H-pyrrole nitrogens is 1. The van der Waals surface area contributed by atoms with Gasteiger partial charge in [-0.15, -0.1) is 0 Å². The minimum absolute atomic E-state index is 0.0655. The molecule has 1 aromatic carbocycles. The number of Topliss-reactive ketones (excluding diaryl/α,β-unsaturated/α-hetero) is 1. The maximum atomic E-state index is 12.4. The lowest BCUT2D eigenvalue weighted by Crippen LogP contribution is -2.20. The molecule has 0 spiro atoms. The van der Waals surface area contributed by atoms with Gasteiger partial charge in [0, 0.05) is 12.2 Å². The van der Waals surface area contributed by atoms with Crippen LogP contribution in [0, 0.1) is 13.8 Å². The fourth-order valence-electron chi connectivity index (χ4n) is 3.16. The number of aryl methyl sites for hydroxylation is 2. The Labute approximate surface area is 165 Å². The second kappa shape index (κ2) is 8.17. The van der Waals surface area contributed by atoms with Gasteiger partial charge in [0.1, 0.15) is 0 Å². The third-order valence-electron chi connectivity index (χ3n) is 4.58. The van der Waals surface area contributed by atoms with Gasteiger partial charge in [0.15, 0.2) is 12.2 Å². The van der Waals surface area contributed by atoms with Crippen molar-refractivity contribution < 1.29 is 28.3 Å². The van der Waals surface area contributed by atoms with E-state index in [0.29, 0.717) is 22.4 Å². The molecule has 0 radical (unpaired) electrons. The number of methoxy groups -OCH3 is 1. The highest BCUT2D eigenvalue weighted by Gasteiger charge is 2.23. The Hall–Kier alpha value is -3.62. The number of nitrogens with one attached hydrogen (secondary N) is 1. The maximum Gasteiger partial charge on any atom is 0.419 e. The number of aromatic nitrogens is 2. The van der Waals surface area contributed by atoms with Crippen molar-refractivity contribution in [3.63, 3.8) is 0 Å². The van der Waals surface area contributed by atoms with Crippen molar-refractivity contribution >= 4 is 28.8 Å². The van der Waals surface area contributed by atoms with Gasteiger partial charge in [-0.2, -0.15) is 0 Å². The van der Waals surface area contributed by atoms with Crippen LogP contribution in [-0.4, -0.2) is 41.0 Å². The van der Waals surface area contributed by atoms with Crippen molar-refractivity contribution in [3.05, 3.63) is 57.3 Å². The summed E-state index contributed by atoms with van der Waals surface area (Å²) in [6.45, 7) is 2.84. The van der Waals surface area contributed by atoms with Crippen molar-refractivity contribution in [3.8, 4) is 0 Å². The molecule has 152 valence electrons. The Morgan fingerprint density at radius 2 is 1.90 bits per heavy atom. The zero-order valence-corrected chi connectivity index (χ0v) is 16.2. The number of benzene rings is 1. The molecule has 0 aliphatic rings. The van der Waals surface area contributed by atoms with Crippen molar-refractivity contribution in [1.82, 2.24) is 9.55 Å². The van der Waals surface area contributed by atoms with Crippen LogP contribution in [0.5, 0.6) is 0 Å². The van der Waals surface area contributed by atoms with Gasteiger partial charge >= 0.3 is 17.7 Å². The van der Waals surface area contributed by atoms with Crippen LogP contribution in [0.2, 0.25) is 0 Å². The molecule has 3 aromatic rings. The predicted molar refractivity (Wildman–Crippen MR) is 102 cm³/mol. The minimum Gasteiger partial charge on any atom is -0.465 e. The standard InChI is InChI=1S/C20H20N2O7/c1-11-17(19(25)27-3)12(2)21-18(11)14(23)10-28-16(24)8-9-22-13-6-4-5-7-15(13)29-20(22)26/h4-7,21H,8-10H2,1-3H3. The summed E-state index contributed by atoms with van der Waals surface area (Å²) in [4.78, 5) is 50.9. The lowest BCUT2D eigenvalue weighted by Gasteiger charge is -2.05. The topological polar surface area (TPSA) is 121 Å². The molecule has 0 atom stereocenters. The van der Waals surface area contributed by atoms with Gasteiger partial charge in [-0.1, -0.05) is 12.1 Å². The largest absolute Gasteiger partial charge is 0.465 e. The summed E-state index contributed by atoms with van der Waals surface area (Å²) in [6, 6.07) is 6.87. The van der Waals surface area contributed by atoms with Crippen LogP contribution in [0.15, 0.2) is 33.5 Å². The van der Waals surface area contributed by atoms with Crippen LogP contribution < -0.4 is 5.76 Å². The zero-order valence-electron chi connectivity index (χ0n) is 16.2. The molecule has 1 N–H and O–H groups in total. The van der Waals surface area contributed by atoms with Crippen LogP contribution in [0.25, 0.3) is 11.1 Å². The van der Waals surface area contributed by atoms with Crippen LogP contribution in [0.4, 0.5) is 0 Å². The number of ketones is 1. The molecule has 0 saturated heterocycles. The SMILES string of the molecule is COC(=O)c1c(C)[nH]c(C(=O)COC(=O)CCn2c(=O)oc3ccccc32)c1C. The number of carbonyl (C=O) groups is 3. The Bertz CT molecular complexity index is 1150. The van der Waals surface area contributed by atoms with Crippen LogP contribution >= 0.6 is 0 Å². The van der Waals surface area contributed by atoms with E-state index in [1.165, 1.54) is 11.7 Å². The molecule has 0 bridgehead atoms. The summed E-state index contributed by atoms with van der Waals surface area (Å²) in [5.41, 5.74) is 2.41. The van der Waals surface area contributed by atoms with E-state index in [2.05, 4.69) is 4.98 Å². The number of para-hydroxylation sites is 2. The van der Waals surface area contributed by atoms with Crippen molar-refractivity contribution in [2.75, 3.05) is 13.7 Å². The van der Waals surface area contributed by atoms with E-state index in [0.717, 1.165) is 0 Å². The number of aromatic amines is 1. The molecule has 0 aliphatic heterocycles. The molecule has 0 amide bonds. The predicted octanol–water partition coefficient (Wildman–Crippen LogP) is 2.14. The smallest absolute Gasteiger partial charge is 0.419 e. The summed E-state index contributed by atoms with van der Waals surface area (Å²) in [5, 5.41) is 0. The monoisotopic (exact) mass is 400 g/mol. The van der Waals surface area contributed by atoms with Gasteiger partial charge in [-0.05, 0) is 31.5 Å². The van der Waals surface area contributed by atoms with Crippen LogP contribution in [0.1, 0.15) is 38.5 Å². The van der Waals surface area contributed by atoms with E-state index in [1.54, 1.807) is 38.1 Å². The van der Waals surface area contributed by atoms with Gasteiger partial charge in [-0.3, -0.25) is 14.2 Å². The molecule has 9 heteroatoms. The average molecular weight is 400 g/mol. The summed E-state index contributed by atoms with van der Waals surface area (Å²) < 4.78 is 16.2. The van der Waals surface area contributed by atoms with Gasteiger partial charge in [-0.25, -0.2) is 9.59 Å². The first-order valence-corrected chi connectivity index (χ1v) is 8.88. The van der Waals surface area contributed by atoms with Gasteiger partial charge < -0.3 is 18.9 Å². The molecule has 0 aliphatic carbocycles. The number of rotatable bonds is 7. The minimum atomic E-state index is -0.635. The number of carbonyl (C=O) groups excluding carboxylic acids is 3. The molecule has 0 fully saturated rings. The third-order valence-corrected chi connectivity index (χ3v) is 4.58. The summed E-state index contributed by atoms with van der Waals surface area (Å²) in [6.07, 6.45) is -0.104. The lowest BCUT2D eigenvalue weighted by molar-refractivity contribution is -0.142. The van der Waals surface area contributed by atoms with E-state index in [1.807, 2.05) is 0 Å². The van der Waals surface area contributed by atoms with Crippen LogP contribution in [-0.2, 0) is 20.8 Å². The van der Waals surface area contributed by atoms with Crippen molar-refractivity contribution in [1.29, 1.82) is 0 Å². The average Bonchev–Trinajstić information content (AvgIpc) is 3.18. The van der Waals surface area contributed by atoms with Gasteiger partial charge in [0.05, 0.1) is 30.3 Å². The number of fused-ring (bicyclic) bond motifs is 1. The molecule has 3 rings (SSSR count). The first-order chi connectivity index (χ1) is 13.8. The zero-order chi connectivity index (χ0) is 21.1. The van der Waals surface area contributed by atoms with E-state index in [9.17, 15) is 19.2 Å². The summed E-state index contributed by atoms with van der Waals surface area (Å²) >= 11 is 0. The van der Waals surface area contributed by atoms with E-state index in [4.69, 9.17) is 13.9 Å². The first kappa shape index (κ1) is 20.1. The second-order valence-corrected chi connectivity index (χ2v) is 6.44. The fraction of sp³-hybridized carbons (Fsp3) is 0.300. The number of hydrogen-bond acceptors (Lipinski definition) is 7. The van der Waals surface area contributed by atoms with E-state index >= 15 is 0 Å². The number of ether oxygens (including phenoxy) is 2. The molecule has 0 saturated carbocycles. The highest BCUT2D eigenvalue weighted by Crippen LogP contribution is 2.19. The number of oxazole rings is 1. The Kier molecular flexibility index (Phi) is 5.67.